The normalized spacial score (nSPS) is 25.6. The van der Waals surface area contributed by atoms with Crippen LogP contribution >= 0.6 is 0 Å². The minimum Gasteiger partial charge on any atom is -0.355 e. The van der Waals surface area contributed by atoms with Crippen LogP contribution in [0.5, 0.6) is 0 Å². The zero-order chi connectivity index (χ0) is 18.5. The summed E-state index contributed by atoms with van der Waals surface area (Å²) < 4.78 is 0. The molecule has 1 unspecified atom stereocenters. The summed E-state index contributed by atoms with van der Waals surface area (Å²) in [5, 5.41) is 2.82. The van der Waals surface area contributed by atoms with E-state index in [0.717, 1.165) is 38.9 Å². The lowest BCUT2D eigenvalue weighted by molar-refractivity contribution is -0.135. The number of hydrogen-bond acceptors (Lipinski definition) is 4. The molecule has 0 aromatic heterocycles. The lowest BCUT2D eigenvalue weighted by Crippen LogP contribution is -2.42. The number of amides is 3. The van der Waals surface area contributed by atoms with E-state index in [2.05, 4.69) is 10.2 Å². The first-order chi connectivity index (χ1) is 12.6. The molecule has 1 N–H and O–H groups in total. The molecule has 1 atom stereocenters. The molecule has 2 heterocycles. The van der Waals surface area contributed by atoms with Gasteiger partial charge in [0.25, 0.3) is 0 Å². The van der Waals surface area contributed by atoms with Crippen LogP contribution in [0.25, 0.3) is 0 Å². The maximum atomic E-state index is 12.9. The Balaban J connectivity index is 1.50. The molecule has 7 nitrogen and oxygen atoms in total. The molecule has 3 aliphatic rings. The fourth-order valence-corrected chi connectivity index (χ4v) is 4.53. The van der Waals surface area contributed by atoms with Crippen molar-refractivity contribution in [3.63, 3.8) is 0 Å². The van der Waals surface area contributed by atoms with Gasteiger partial charge in [-0.15, -0.1) is 0 Å². The number of nitrogens with zero attached hydrogens (tertiary/aromatic N) is 3. The Hall–Kier alpha value is -1.63. The van der Waals surface area contributed by atoms with Crippen LogP contribution in [-0.2, 0) is 14.4 Å². The van der Waals surface area contributed by atoms with Gasteiger partial charge in [-0.3, -0.25) is 19.3 Å². The molecule has 3 rings (SSSR count). The highest BCUT2D eigenvalue weighted by Gasteiger charge is 2.40. The van der Waals surface area contributed by atoms with Crippen LogP contribution < -0.4 is 5.32 Å². The Morgan fingerprint density at radius 2 is 1.85 bits per heavy atom. The number of nitrogens with one attached hydrogen (secondary N) is 1. The van der Waals surface area contributed by atoms with Crippen LogP contribution in [-0.4, -0.2) is 84.3 Å². The quantitative estimate of drug-likeness (QED) is 0.769. The molecule has 2 saturated heterocycles. The molecular formula is C19H32N4O3. The Kier molecular flexibility index (Phi) is 6.51. The van der Waals surface area contributed by atoms with Gasteiger partial charge in [-0.2, -0.15) is 0 Å². The monoisotopic (exact) mass is 364 g/mol. The van der Waals surface area contributed by atoms with Gasteiger partial charge in [0, 0.05) is 51.7 Å². The van der Waals surface area contributed by atoms with Crippen LogP contribution in [0.4, 0.5) is 0 Å². The molecular weight excluding hydrogens is 332 g/mol. The Labute approximate surface area is 156 Å². The molecule has 0 aromatic rings. The van der Waals surface area contributed by atoms with Gasteiger partial charge in [0.15, 0.2) is 0 Å². The molecule has 1 aliphatic carbocycles. The predicted octanol–water partition coefficient (Wildman–Crippen LogP) is 0.448. The molecule has 0 bridgehead atoms. The largest absolute Gasteiger partial charge is 0.355 e. The smallest absolute Gasteiger partial charge is 0.234 e. The minimum atomic E-state index is -0.182. The second kappa shape index (κ2) is 8.84. The van der Waals surface area contributed by atoms with Crippen molar-refractivity contribution in [1.29, 1.82) is 0 Å². The van der Waals surface area contributed by atoms with E-state index in [9.17, 15) is 14.4 Å². The van der Waals surface area contributed by atoms with Gasteiger partial charge in [-0.25, -0.2) is 0 Å². The van der Waals surface area contributed by atoms with Crippen molar-refractivity contribution < 1.29 is 14.4 Å². The third-order valence-corrected chi connectivity index (χ3v) is 5.91. The number of rotatable bonds is 5. The summed E-state index contributed by atoms with van der Waals surface area (Å²) in [7, 11) is 0. The highest BCUT2D eigenvalue weighted by Crippen LogP contribution is 2.30. The van der Waals surface area contributed by atoms with Gasteiger partial charge in [0.2, 0.25) is 17.7 Å². The molecule has 3 amide bonds. The first-order valence-electron chi connectivity index (χ1n) is 10.2. The van der Waals surface area contributed by atoms with Crippen molar-refractivity contribution in [2.24, 2.45) is 5.92 Å². The van der Waals surface area contributed by atoms with Crippen LogP contribution in [0.3, 0.4) is 0 Å². The van der Waals surface area contributed by atoms with Gasteiger partial charge < -0.3 is 15.1 Å². The second-order valence-electron chi connectivity index (χ2n) is 7.79. The van der Waals surface area contributed by atoms with Gasteiger partial charge in [0.1, 0.15) is 0 Å². The summed E-state index contributed by atoms with van der Waals surface area (Å²) in [6, 6.07) is 0.358. The molecule has 0 spiro atoms. The number of carbonyl (C=O) groups is 3. The minimum absolute atomic E-state index is 0.0425. The summed E-state index contributed by atoms with van der Waals surface area (Å²) in [4.78, 5) is 43.1. The summed E-state index contributed by atoms with van der Waals surface area (Å²) in [5.74, 6) is 0.139. The summed E-state index contributed by atoms with van der Waals surface area (Å²) in [5.41, 5.74) is 0. The first-order valence-corrected chi connectivity index (χ1v) is 10.2. The summed E-state index contributed by atoms with van der Waals surface area (Å²) in [6.07, 6.45) is 5.81. The van der Waals surface area contributed by atoms with E-state index in [4.69, 9.17) is 0 Å². The average molecular weight is 364 g/mol. The summed E-state index contributed by atoms with van der Waals surface area (Å²) >= 11 is 0. The third kappa shape index (κ3) is 4.55. The van der Waals surface area contributed by atoms with Crippen molar-refractivity contribution in [2.45, 2.75) is 51.5 Å². The van der Waals surface area contributed by atoms with Crippen molar-refractivity contribution >= 4 is 17.7 Å². The van der Waals surface area contributed by atoms with Crippen LogP contribution in [0.15, 0.2) is 0 Å². The number of likely N-dealkylation sites (N-methyl/N-ethyl adjacent to an activating group) is 1. The van der Waals surface area contributed by atoms with E-state index in [-0.39, 0.29) is 23.6 Å². The highest BCUT2D eigenvalue weighted by atomic mass is 16.2. The SMILES string of the molecule is CCNC(=O)CN1CCCN(C(=O)C2CC(=O)N(C3CCCC3)C2)CC1. The first kappa shape index (κ1) is 19.1. The van der Waals surface area contributed by atoms with E-state index < -0.39 is 0 Å². The van der Waals surface area contributed by atoms with E-state index in [1.165, 1.54) is 12.8 Å². The molecule has 2 aliphatic heterocycles. The lowest BCUT2D eigenvalue weighted by Gasteiger charge is -2.26. The Morgan fingerprint density at radius 1 is 1.08 bits per heavy atom. The van der Waals surface area contributed by atoms with Crippen molar-refractivity contribution in [1.82, 2.24) is 20.0 Å². The van der Waals surface area contributed by atoms with Crippen molar-refractivity contribution in [3.8, 4) is 0 Å². The van der Waals surface area contributed by atoms with Crippen molar-refractivity contribution in [3.05, 3.63) is 0 Å². The standard InChI is InChI=1S/C19H32N4O3/c1-2-20-17(24)14-21-8-5-9-22(11-10-21)19(26)15-12-18(25)23(13-15)16-6-3-4-7-16/h15-16H,2-14H2,1H3,(H,20,24). The van der Waals surface area contributed by atoms with Gasteiger partial charge in [-0.05, 0) is 26.2 Å². The lowest BCUT2D eigenvalue weighted by atomic mass is 10.1. The number of likely N-dealkylation sites (tertiary alicyclic amines) is 1. The molecule has 146 valence electrons. The maximum absolute atomic E-state index is 12.9. The van der Waals surface area contributed by atoms with Gasteiger partial charge >= 0.3 is 0 Å². The molecule has 26 heavy (non-hydrogen) atoms. The van der Waals surface area contributed by atoms with Crippen molar-refractivity contribution in [2.75, 3.05) is 45.8 Å². The molecule has 1 saturated carbocycles. The topological polar surface area (TPSA) is 73.0 Å². The third-order valence-electron chi connectivity index (χ3n) is 5.91. The second-order valence-corrected chi connectivity index (χ2v) is 7.79. The van der Waals surface area contributed by atoms with E-state index >= 15 is 0 Å². The van der Waals surface area contributed by atoms with Crippen LogP contribution in [0.2, 0.25) is 0 Å². The van der Waals surface area contributed by atoms with E-state index in [1.54, 1.807) is 0 Å². The molecule has 7 heteroatoms. The maximum Gasteiger partial charge on any atom is 0.234 e. The Bertz CT molecular complexity index is 533. The zero-order valence-corrected chi connectivity index (χ0v) is 15.9. The Morgan fingerprint density at radius 3 is 2.58 bits per heavy atom. The number of carbonyl (C=O) groups excluding carboxylic acids is 3. The summed E-state index contributed by atoms with van der Waals surface area (Å²) in [6.45, 7) is 6.47. The van der Waals surface area contributed by atoms with Gasteiger partial charge in [-0.1, -0.05) is 12.8 Å². The average Bonchev–Trinajstić information content (AvgIpc) is 3.20. The number of hydrogen-bond donors (Lipinski definition) is 1. The molecule has 0 aromatic carbocycles. The van der Waals surface area contributed by atoms with E-state index in [1.807, 2.05) is 16.7 Å². The van der Waals surface area contributed by atoms with Crippen LogP contribution in [0, 0.1) is 5.92 Å². The predicted molar refractivity (Wildman–Crippen MR) is 98.4 cm³/mol. The highest BCUT2D eigenvalue weighted by molar-refractivity contribution is 5.89. The zero-order valence-electron chi connectivity index (χ0n) is 15.9. The van der Waals surface area contributed by atoms with Crippen LogP contribution in [0.1, 0.15) is 45.4 Å². The van der Waals surface area contributed by atoms with Gasteiger partial charge in [0.05, 0.1) is 12.5 Å². The molecule has 3 fully saturated rings. The molecule has 0 radical (unpaired) electrons. The fourth-order valence-electron chi connectivity index (χ4n) is 4.53. The van der Waals surface area contributed by atoms with E-state index in [0.29, 0.717) is 38.6 Å². The fraction of sp³-hybridized carbons (Fsp3) is 0.842.